The van der Waals surface area contributed by atoms with Gasteiger partial charge in [0.1, 0.15) is 11.8 Å². The Balaban J connectivity index is 2.71. The van der Waals surface area contributed by atoms with E-state index in [4.69, 9.17) is 40.1 Å². The zero-order valence-electron chi connectivity index (χ0n) is 9.23. The molecule has 0 atom stereocenters. The van der Waals surface area contributed by atoms with Crippen molar-refractivity contribution in [2.45, 2.75) is 10.7 Å². The van der Waals surface area contributed by atoms with Crippen LogP contribution in [-0.4, -0.2) is 15.0 Å². The van der Waals surface area contributed by atoms with Crippen LogP contribution in [0.1, 0.15) is 17.0 Å². The van der Waals surface area contributed by atoms with E-state index < -0.39 is 3.79 Å². The van der Waals surface area contributed by atoms with E-state index in [0.717, 1.165) is 5.56 Å². The molecule has 0 spiro atoms. The predicted molar refractivity (Wildman–Crippen MR) is 70.0 cm³/mol. The highest BCUT2D eigenvalue weighted by atomic mass is 35.6. The Morgan fingerprint density at radius 3 is 2.50 bits per heavy atom. The molecule has 0 fully saturated rings. The third-order valence-corrected chi connectivity index (χ3v) is 2.93. The minimum absolute atomic E-state index is 0.00162. The fourth-order valence-corrected chi connectivity index (χ4v) is 2.09. The molecule has 1 aromatic heterocycles. The molecule has 0 bridgehead atoms. The number of aryl methyl sites for hydroxylation is 1. The lowest BCUT2D eigenvalue weighted by Gasteiger charge is -2.14. The van der Waals surface area contributed by atoms with E-state index in [9.17, 15) is 0 Å². The van der Waals surface area contributed by atoms with E-state index in [1.165, 1.54) is 4.68 Å². The van der Waals surface area contributed by atoms with Crippen molar-refractivity contribution in [3.63, 3.8) is 0 Å². The van der Waals surface area contributed by atoms with E-state index in [-0.39, 0.29) is 11.4 Å². The number of nitriles is 1. The number of hydrogen-bond donors (Lipinski definition) is 0. The molecule has 0 aliphatic carbocycles. The predicted octanol–water partition coefficient (Wildman–Crippen LogP) is 3.27. The van der Waals surface area contributed by atoms with E-state index in [1.54, 1.807) is 0 Å². The van der Waals surface area contributed by atoms with Crippen molar-refractivity contribution < 1.29 is 0 Å². The van der Waals surface area contributed by atoms with Crippen LogP contribution in [-0.2, 0) is 3.79 Å². The largest absolute Gasteiger partial charge is 0.235 e. The molecule has 0 unspecified atom stereocenters. The Labute approximate surface area is 119 Å². The van der Waals surface area contributed by atoms with Gasteiger partial charge in [-0.2, -0.15) is 5.26 Å². The quantitative estimate of drug-likeness (QED) is 0.760. The number of rotatable bonds is 1. The third kappa shape index (κ3) is 2.30. The average Bonchev–Trinajstić information content (AvgIpc) is 2.73. The van der Waals surface area contributed by atoms with E-state index in [2.05, 4.69) is 10.3 Å². The first-order valence-corrected chi connectivity index (χ1v) is 6.07. The number of para-hydroxylation sites is 1. The Kier molecular flexibility index (Phi) is 3.49. The summed E-state index contributed by atoms with van der Waals surface area (Å²) in [7, 11) is 0. The lowest BCUT2D eigenvalue weighted by Crippen LogP contribution is -2.12. The van der Waals surface area contributed by atoms with Crippen molar-refractivity contribution in [2.24, 2.45) is 0 Å². The Hall–Kier alpha value is -1.28. The van der Waals surface area contributed by atoms with E-state index in [1.807, 2.05) is 37.3 Å². The smallest absolute Gasteiger partial charge is 0.211 e. The van der Waals surface area contributed by atoms with Gasteiger partial charge in [-0.15, -0.1) is 5.10 Å². The summed E-state index contributed by atoms with van der Waals surface area (Å²) in [5, 5.41) is 16.6. The molecule has 18 heavy (non-hydrogen) atoms. The van der Waals surface area contributed by atoms with Crippen molar-refractivity contribution in [1.82, 2.24) is 15.0 Å². The number of hydrogen-bond acceptors (Lipinski definition) is 3. The normalized spacial score (nSPS) is 11.3. The summed E-state index contributed by atoms with van der Waals surface area (Å²) >= 11 is 17.6. The molecule has 0 aliphatic rings. The molecule has 1 aromatic carbocycles. The first-order chi connectivity index (χ1) is 8.45. The van der Waals surface area contributed by atoms with Gasteiger partial charge in [-0.1, -0.05) is 58.2 Å². The lowest BCUT2D eigenvalue weighted by molar-refractivity contribution is 0.766. The van der Waals surface area contributed by atoms with Crippen LogP contribution in [0.3, 0.4) is 0 Å². The first-order valence-electron chi connectivity index (χ1n) is 4.94. The van der Waals surface area contributed by atoms with Gasteiger partial charge in [0, 0.05) is 0 Å². The summed E-state index contributed by atoms with van der Waals surface area (Å²) in [6.07, 6.45) is 0. The summed E-state index contributed by atoms with van der Waals surface area (Å²) in [6.45, 7) is 1.89. The fourth-order valence-electron chi connectivity index (χ4n) is 1.58. The molecule has 2 rings (SSSR count). The standard InChI is InChI=1S/C11H7Cl3N4/c1-7-4-2-3-5-9(7)18-10(11(12,13)14)8(6-15)16-17-18/h2-5H,1H3. The van der Waals surface area contributed by atoms with Crippen LogP contribution in [0.15, 0.2) is 24.3 Å². The Morgan fingerprint density at radius 1 is 1.28 bits per heavy atom. The molecule has 92 valence electrons. The zero-order chi connectivity index (χ0) is 13.3. The zero-order valence-corrected chi connectivity index (χ0v) is 11.5. The van der Waals surface area contributed by atoms with Crippen LogP contribution in [0.5, 0.6) is 0 Å². The van der Waals surface area contributed by atoms with Crippen LogP contribution in [0, 0.1) is 18.3 Å². The highest BCUT2D eigenvalue weighted by Gasteiger charge is 2.33. The second-order valence-electron chi connectivity index (χ2n) is 3.59. The van der Waals surface area contributed by atoms with Crippen molar-refractivity contribution in [1.29, 1.82) is 5.26 Å². The van der Waals surface area contributed by atoms with Gasteiger partial charge in [0.15, 0.2) is 5.69 Å². The van der Waals surface area contributed by atoms with Crippen LogP contribution >= 0.6 is 34.8 Å². The summed E-state index contributed by atoms with van der Waals surface area (Å²) in [4.78, 5) is 0. The lowest BCUT2D eigenvalue weighted by atomic mass is 10.2. The van der Waals surface area contributed by atoms with Crippen LogP contribution in [0.25, 0.3) is 5.69 Å². The van der Waals surface area contributed by atoms with Gasteiger partial charge in [0.2, 0.25) is 3.79 Å². The number of benzene rings is 1. The number of nitrogens with zero attached hydrogens (tertiary/aromatic N) is 4. The van der Waals surface area contributed by atoms with Gasteiger partial charge in [0.25, 0.3) is 0 Å². The van der Waals surface area contributed by atoms with Crippen LogP contribution in [0.2, 0.25) is 0 Å². The Morgan fingerprint density at radius 2 is 1.94 bits per heavy atom. The molecular weight excluding hydrogens is 295 g/mol. The first kappa shape index (κ1) is 13.2. The third-order valence-electron chi connectivity index (χ3n) is 2.39. The topological polar surface area (TPSA) is 54.5 Å². The second kappa shape index (κ2) is 4.77. The van der Waals surface area contributed by atoms with Crippen molar-refractivity contribution in [3.05, 3.63) is 41.2 Å². The van der Waals surface area contributed by atoms with E-state index in [0.29, 0.717) is 5.69 Å². The number of alkyl halides is 3. The van der Waals surface area contributed by atoms with Gasteiger partial charge in [-0.05, 0) is 18.6 Å². The van der Waals surface area contributed by atoms with Gasteiger partial charge in [-0.3, -0.25) is 0 Å². The highest BCUT2D eigenvalue weighted by molar-refractivity contribution is 6.66. The Bertz CT molecular complexity index is 622. The molecule has 0 amide bonds. The van der Waals surface area contributed by atoms with Gasteiger partial charge in [0.05, 0.1) is 5.69 Å². The van der Waals surface area contributed by atoms with Crippen LogP contribution < -0.4 is 0 Å². The maximum atomic E-state index is 8.97. The van der Waals surface area contributed by atoms with Gasteiger partial charge >= 0.3 is 0 Å². The molecule has 0 radical (unpaired) electrons. The summed E-state index contributed by atoms with van der Waals surface area (Å²) < 4.78 is -0.391. The summed E-state index contributed by atoms with van der Waals surface area (Å²) in [6, 6.07) is 9.29. The number of halogens is 3. The van der Waals surface area contributed by atoms with E-state index >= 15 is 0 Å². The van der Waals surface area contributed by atoms with Crippen molar-refractivity contribution in [3.8, 4) is 11.8 Å². The molecule has 7 heteroatoms. The molecule has 2 aromatic rings. The van der Waals surface area contributed by atoms with Gasteiger partial charge in [-0.25, -0.2) is 4.68 Å². The summed E-state index contributed by atoms with van der Waals surface area (Å²) in [5.74, 6) is 0. The monoisotopic (exact) mass is 300 g/mol. The van der Waals surface area contributed by atoms with Crippen LogP contribution in [0.4, 0.5) is 0 Å². The second-order valence-corrected chi connectivity index (χ2v) is 5.88. The average molecular weight is 302 g/mol. The summed E-state index contributed by atoms with van der Waals surface area (Å²) in [5.41, 5.74) is 1.79. The molecule has 0 saturated heterocycles. The van der Waals surface area contributed by atoms with Crippen molar-refractivity contribution >= 4 is 34.8 Å². The SMILES string of the molecule is Cc1ccccc1-n1nnc(C#N)c1C(Cl)(Cl)Cl. The minimum Gasteiger partial charge on any atom is -0.211 e. The fraction of sp³-hybridized carbons (Fsp3) is 0.182. The van der Waals surface area contributed by atoms with Crippen molar-refractivity contribution in [2.75, 3.05) is 0 Å². The van der Waals surface area contributed by atoms with Gasteiger partial charge < -0.3 is 0 Å². The molecule has 0 aliphatic heterocycles. The molecular formula is C11H7Cl3N4. The minimum atomic E-state index is -1.77. The maximum Gasteiger partial charge on any atom is 0.235 e. The maximum absolute atomic E-state index is 8.97. The molecule has 0 N–H and O–H groups in total. The molecule has 4 nitrogen and oxygen atoms in total. The molecule has 1 heterocycles. The molecule has 0 saturated carbocycles. The highest BCUT2D eigenvalue weighted by Crippen LogP contribution is 2.40. The number of aromatic nitrogens is 3.